The molecular formula is C20H23N5O2. The Balaban J connectivity index is 1.65. The number of pyridine rings is 1. The Morgan fingerprint density at radius 2 is 1.74 bits per heavy atom. The molecule has 0 radical (unpaired) electrons. The molecule has 140 valence electrons. The largest absolute Gasteiger partial charge is 0.356 e. The minimum absolute atomic E-state index is 0.200. The normalized spacial score (nSPS) is 13.1. The van der Waals surface area contributed by atoms with E-state index in [-0.39, 0.29) is 11.9 Å². The lowest BCUT2D eigenvalue weighted by Gasteiger charge is -2.19. The van der Waals surface area contributed by atoms with Crippen LogP contribution in [0.15, 0.2) is 55.3 Å². The van der Waals surface area contributed by atoms with Gasteiger partial charge in [0.05, 0.1) is 5.56 Å². The van der Waals surface area contributed by atoms with Gasteiger partial charge >= 0.3 is 6.03 Å². The molecule has 0 bridgehead atoms. The van der Waals surface area contributed by atoms with E-state index in [2.05, 4.69) is 32.4 Å². The number of nitrogens with one attached hydrogen (secondary N) is 3. The van der Waals surface area contributed by atoms with Crippen LogP contribution in [0.4, 0.5) is 22.0 Å². The van der Waals surface area contributed by atoms with Gasteiger partial charge in [-0.15, -0.1) is 6.58 Å². The second kappa shape index (κ2) is 8.84. The lowest BCUT2D eigenvalue weighted by atomic mass is 10.2. The van der Waals surface area contributed by atoms with Crippen LogP contribution in [0, 0.1) is 0 Å². The molecule has 1 fully saturated rings. The summed E-state index contributed by atoms with van der Waals surface area (Å²) in [5, 5.41) is 8.23. The summed E-state index contributed by atoms with van der Waals surface area (Å²) in [7, 11) is 0. The fraction of sp³-hybridized carbons (Fsp3) is 0.250. The standard InChI is InChI=1S/C20H23N5O2/c1-2-11-22-20(27)24-16-9-7-15(8-10-16)23-19(26)17-6-5-12-21-18(17)25-13-3-4-14-25/h2,5-10,12H,1,3-4,11,13-14H2,(H,23,26)(H2,22,24,27). The van der Waals surface area contributed by atoms with Gasteiger partial charge in [-0.25, -0.2) is 9.78 Å². The highest BCUT2D eigenvalue weighted by molar-refractivity contribution is 6.07. The first-order valence-electron chi connectivity index (χ1n) is 8.94. The van der Waals surface area contributed by atoms with Crippen molar-refractivity contribution in [2.24, 2.45) is 0 Å². The Labute approximate surface area is 158 Å². The Morgan fingerprint density at radius 1 is 1.07 bits per heavy atom. The molecule has 0 aliphatic carbocycles. The van der Waals surface area contributed by atoms with Crippen LogP contribution in [-0.4, -0.2) is 36.6 Å². The van der Waals surface area contributed by atoms with E-state index in [0.29, 0.717) is 23.5 Å². The highest BCUT2D eigenvalue weighted by atomic mass is 16.2. The molecule has 3 amide bonds. The third kappa shape index (κ3) is 4.84. The summed E-state index contributed by atoms with van der Waals surface area (Å²) in [5.74, 6) is 0.527. The first-order valence-corrected chi connectivity index (χ1v) is 8.94. The zero-order chi connectivity index (χ0) is 19.1. The van der Waals surface area contributed by atoms with Crippen LogP contribution in [0.3, 0.4) is 0 Å². The number of hydrogen-bond donors (Lipinski definition) is 3. The summed E-state index contributed by atoms with van der Waals surface area (Å²) in [6.45, 7) is 5.78. The summed E-state index contributed by atoms with van der Waals surface area (Å²) in [6.07, 6.45) is 5.55. The van der Waals surface area contributed by atoms with Crippen LogP contribution in [0.5, 0.6) is 0 Å². The van der Waals surface area contributed by atoms with E-state index in [1.807, 2.05) is 0 Å². The molecule has 1 aliphatic heterocycles. The van der Waals surface area contributed by atoms with Gasteiger partial charge in [-0.1, -0.05) is 6.08 Å². The molecule has 0 atom stereocenters. The number of aromatic nitrogens is 1. The van der Waals surface area contributed by atoms with Gasteiger partial charge in [0, 0.05) is 37.2 Å². The van der Waals surface area contributed by atoms with Crippen molar-refractivity contribution >= 4 is 29.1 Å². The number of rotatable bonds is 6. The molecule has 3 rings (SSSR count). The van der Waals surface area contributed by atoms with E-state index < -0.39 is 0 Å². The van der Waals surface area contributed by atoms with Crippen molar-refractivity contribution in [3.63, 3.8) is 0 Å². The van der Waals surface area contributed by atoms with Gasteiger partial charge in [0.25, 0.3) is 5.91 Å². The molecule has 1 aromatic heterocycles. The summed E-state index contributed by atoms with van der Waals surface area (Å²) in [5.41, 5.74) is 1.84. The van der Waals surface area contributed by atoms with Crippen LogP contribution < -0.4 is 20.9 Å². The van der Waals surface area contributed by atoms with Crippen LogP contribution >= 0.6 is 0 Å². The van der Waals surface area contributed by atoms with Crippen molar-refractivity contribution < 1.29 is 9.59 Å². The first kappa shape index (κ1) is 18.4. The first-order chi connectivity index (χ1) is 13.2. The fourth-order valence-electron chi connectivity index (χ4n) is 2.93. The van der Waals surface area contributed by atoms with E-state index >= 15 is 0 Å². The molecule has 1 aliphatic rings. The molecule has 0 spiro atoms. The molecule has 7 nitrogen and oxygen atoms in total. The van der Waals surface area contributed by atoms with E-state index in [9.17, 15) is 9.59 Å². The van der Waals surface area contributed by atoms with Gasteiger partial charge in [0.2, 0.25) is 0 Å². The molecule has 3 N–H and O–H groups in total. The molecule has 1 saturated heterocycles. The Bertz CT molecular complexity index is 813. The molecule has 27 heavy (non-hydrogen) atoms. The molecular weight excluding hydrogens is 342 g/mol. The van der Waals surface area contributed by atoms with Crippen molar-refractivity contribution in [3.8, 4) is 0 Å². The van der Waals surface area contributed by atoms with Crippen LogP contribution in [0.1, 0.15) is 23.2 Å². The highest BCUT2D eigenvalue weighted by Gasteiger charge is 2.20. The zero-order valence-electron chi connectivity index (χ0n) is 15.1. The van der Waals surface area contributed by atoms with Crippen molar-refractivity contribution in [2.75, 3.05) is 35.2 Å². The third-order valence-corrected chi connectivity index (χ3v) is 4.24. The van der Waals surface area contributed by atoms with E-state index in [0.717, 1.165) is 31.7 Å². The highest BCUT2D eigenvalue weighted by Crippen LogP contribution is 2.23. The number of urea groups is 1. The molecule has 1 aromatic carbocycles. The van der Waals surface area contributed by atoms with Gasteiger partial charge in [-0.2, -0.15) is 0 Å². The number of carbonyl (C=O) groups is 2. The van der Waals surface area contributed by atoms with E-state index in [1.54, 1.807) is 48.7 Å². The quantitative estimate of drug-likeness (QED) is 0.686. The maximum absolute atomic E-state index is 12.7. The third-order valence-electron chi connectivity index (χ3n) is 4.24. The molecule has 0 saturated carbocycles. The predicted molar refractivity (Wildman–Crippen MR) is 107 cm³/mol. The fourth-order valence-corrected chi connectivity index (χ4v) is 2.93. The SMILES string of the molecule is C=CCNC(=O)Nc1ccc(NC(=O)c2cccnc2N2CCCC2)cc1. The Kier molecular flexibility index (Phi) is 6.04. The number of anilines is 3. The maximum Gasteiger partial charge on any atom is 0.319 e. The average Bonchev–Trinajstić information content (AvgIpc) is 3.22. The number of benzene rings is 1. The Morgan fingerprint density at radius 3 is 2.41 bits per heavy atom. The zero-order valence-corrected chi connectivity index (χ0v) is 15.1. The number of carbonyl (C=O) groups excluding carboxylic acids is 2. The summed E-state index contributed by atoms with van der Waals surface area (Å²) in [4.78, 5) is 30.9. The summed E-state index contributed by atoms with van der Waals surface area (Å²) < 4.78 is 0. The predicted octanol–water partition coefficient (Wildman–Crippen LogP) is 3.24. The van der Waals surface area contributed by atoms with E-state index in [4.69, 9.17) is 0 Å². The molecule has 2 aromatic rings. The molecule has 0 unspecified atom stereocenters. The second-order valence-corrected chi connectivity index (χ2v) is 6.22. The number of hydrogen-bond acceptors (Lipinski definition) is 4. The number of nitrogens with zero attached hydrogens (tertiary/aromatic N) is 2. The lowest BCUT2D eigenvalue weighted by molar-refractivity contribution is 0.102. The summed E-state index contributed by atoms with van der Waals surface area (Å²) >= 11 is 0. The van der Waals surface area contributed by atoms with Gasteiger partial charge < -0.3 is 20.9 Å². The average molecular weight is 365 g/mol. The second-order valence-electron chi connectivity index (χ2n) is 6.22. The Hall–Kier alpha value is -3.35. The van der Waals surface area contributed by atoms with Crippen LogP contribution in [0.25, 0.3) is 0 Å². The van der Waals surface area contributed by atoms with E-state index in [1.165, 1.54) is 0 Å². The number of amides is 3. The van der Waals surface area contributed by atoms with Crippen LogP contribution in [0.2, 0.25) is 0 Å². The van der Waals surface area contributed by atoms with Crippen molar-refractivity contribution in [2.45, 2.75) is 12.8 Å². The van der Waals surface area contributed by atoms with Gasteiger partial charge in [0.15, 0.2) is 0 Å². The summed E-state index contributed by atoms with van der Waals surface area (Å²) in [6, 6.07) is 10.2. The van der Waals surface area contributed by atoms with Gasteiger partial charge in [-0.3, -0.25) is 4.79 Å². The van der Waals surface area contributed by atoms with Crippen molar-refractivity contribution in [1.29, 1.82) is 0 Å². The monoisotopic (exact) mass is 365 g/mol. The van der Waals surface area contributed by atoms with Gasteiger partial charge in [-0.05, 0) is 49.2 Å². The minimum Gasteiger partial charge on any atom is -0.356 e. The molecule has 2 heterocycles. The van der Waals surface area contributed by atoms with Crippen molar-refractivity contribution in [3.05, 3.63) is 60.8 Å². The van der Waals surface area contributed by atoms with Gasteiger partial charge in [0.1, 0.15) is 5.82 Å². The maximum atomic E-state index is 12.7. The minimum atomic E-state index is -0.308. The molecule has 7 heteroatoms. The topological polar surface area (TPSA) is 86.4 Å². The van der Waals surface area contributed by atoms with Crippen molar-refractivity contribution in [1.82, 2.24) is 10.3 Å². The smallest absolute Gasteiger partial charge is 0.319 e. The van der Waals surface area contributed by atoms with Crippen LogP contribution in [-0.2, 0) is 0 Å². The lowest BCUT2D eigenvalue weighted by Crippen LogP contribution is -2.28.